The van der Waals surface area contributed by atoms with Gasteiger partial charge >= 0.3 is 0 Å². The van der Waals surface area contributed by atoms with E-state index in [0.29, 0.717) is 28.7 Å². The van der Waals surface area contributed by atoms with Crippen LogP contribution in [0.5, 0.6) is 0 Å². The molecule has 0 spiro atoms. The number of hydrogen-bond donors (Lipinski definition) is 0. The van der Waals surface area contributed by atoms with E-state index in [1.165, 1.54) is 12.3 Å². The number of nitro benzene ring substituents is 1. The highest BCUT2D eigenvalue weighted by atomic mass is 35.5. The smallest absolute Gasteiger partial charge is 0.258 e. The fourth-order valence-corrected chi connectivity index (χ4v) is 2.34. The number of benzene rings is 2. The van der Waals surface area contributed by atoms with Crippen molar-refractivity contribution in [2.75, 3.05) is 0 Å². The van der Waals surface area contributed by atoms with Crippen molar-refractivity contribution >= 4 is 51.4 Å². The Morgan fingerprint density at radius 2 is 1.74 bits per heavy atom. The van der Waals surface area contributed by atoms with Gasteiger partial charge in [0.25, 0.3) is 5.69 Å². The van der Waals surface area contributed by atoms with Gasteiger partial charge in [0.2, 0.25) is 0 Å². The number of nitro groups is 1. The van der Waals surface area contributed by atoms with Gasteiger partial charge < -0.3 is 0 Å². The number of aliphatic imine (C=N–C) groups is 3. The lowest BCUT2D eigenvalue weighted by atomic mass is 10.2. The molecule has 1 aliphatic heterocycles. The van der Waals surface area contributed by atoms with Crippen LogP contribution in [0.25, 0.3) is 0 Å². The number of hydrogen-bond acceptors (Lipinski definition) is 5. The summed E-state index contributed by atoms with van der Waals surface area (Å²) in [6.45, 7) is 0. The topological polar surface area (TPSA) is 80.2 Å². The van der Waals surface area contributed by atoms with E-state index in [2.05, 4.69) is 15.0 Å². The molecule has 0 aromatic heterocycles. The van der Waals surface area contributed by atoms with Crippen molar-refractivity contribution < 1.29 is 4.92 Å². The van der Waals surface area contributed by atoms with E-state index < -0.39 is 4.92 Å². The minimum atomic E-state index is -0.467. The molecule has 1 heterocycles. The van der Waals surface area contributed by atoms with Crippen molar-refractivity contribution in [2.24, 2.45) is 15.0 Å². The maximum absolute atomic E-state index is 11.0. The van der Waals surface area contributed by atoms with Crippen LogP contribution in [-0.4, -0.2) is 22.0 Å². The fourth-order valence-electron chi connectivity index (χ4n) is 2.11. The lowest BCUT2D eigenvalue weighted by Gasteiger charge is -1.99. The van der Waals surface area contributed by atoms with Gasteiger partial charge in [-0.1, -0.05) is 35.9 Å². The minimum absolute atomic E-state index is 0.0573. The zero-order chi connectivity index (χ0) is 16.2. The molecule has 0 fully saturated rings. The van der Waals surface area contributed by atoms with Gasteiger partial charge in [0, 0.05) is 18.7 Å². The van der Waals surface area contributed by atoms with Gasteiger partial charge in [0.15, 0.2) is 0 Å². The van der Waals surface area contributed by atoms with E-state index in [1.807, 2.05) is 24.3 Å². The first-order chi connectivity index (χ1) is 11.1. The standard InChI is InChI=1S/C16H11ClN4O2/c17-16-9-11(19-12-5-1-2-6-13(12)20-16)10-18-14-7-3-4-8-15(14)21(22)23/h1-8,10H,9H2. The summed E-state index contributed by atoms with van der Waals surface area (Å²) >= 11 is 6.11. The van der Waals surface area contributed by atoms with Gasteiger partial charge in [-0.3, -0.25) is 10.1 Å². The molecule has 3 rings (SSSR count). The summed E-state index contributed by atoms with van der Waals surface area (Å²) in [6, 6.07) is 13.6. The second kappa shape index (κ2) is 6.50. The number of fused-ring (bicyclic) bond motifs is 1. The van der Waals surface area contributed by atoms with Crippen molar-refractivity contribution in [3.8, 4) is 0 Å². The quantitative estimate of drug-likeness (QED) is 0.463. The molecule has 0 amide bonds. The molecule has 0 atom stereocenters. The molecule has 0 aliphatic carbocycles. The molecule has 7 heteroatoms. The van der Waals surface area contributed by atoms with Crippen LogP contribution < -0.4 is 0 Å². The second-order valence-electron chi connectivity index (χ2n) is 4.76. The molecular weight excluding hydrogens is 316 g/mol. The Morgan fingerprint density at radius 1 is 1.09 bits per heavy atom. The van der Waals surface area contributed by atoms with Crippen molar-refractivity contribution in [1.82, 2.24) is 0 Å². The Labute approximate surface area is 137 Å². The van der Waals surface area contributed by atoms with Gasteiger partial charge in [0.05, 0.1) is 22.0 Å². The molecule has 2 aromatic rings. The average Bonchev–Trinajstić information content (AvgIpc) is 2.70. The largest absolute Gasteiger partial charge is 0.294 e. The van der Waals surface area contributed by atoms with Crippen molar-refractivity contribution in [2.45, 2.75) is 6.42 Å². The van der Waals surface area contributed by atoms with Crippen molar-refractivity contribution in [3.05, 3.63) is 58.6 Å². The molecule has 0 N–H and O–H groups in total. The van der Waals surface area contributed by atoms with Crippen molar-refractivity contribution in [3.63, 3.8) is 0 Å². The zero-order valence-electron chi connectivity index (χ0n) is 11.9. The first-order valence-electron chi connectivity index (χ1n) is 6.80. The first kappa shape index (κ1) is 15.1. The summed E-state index contributed by atoms with van der Waals surface area (Å²) in [5.74, 6) is 0. The average molecular weight is 327 g/mol. The lowest BCUT2D eigenvalue weighted by molar-refractivity contribution is -0.384. The summed E-state index contributed by atoms with van der Waals surface area (Å²) in [4.78, 5) is 23.5. The van der Waals surface area contributed by atoms with E-state index in [1.54, 1.807) is 18.2 Å². The van der Waals surface area contributed by atoms with E-state index in [0.717, 1.165) is 0 Å². The molecule has 23 heavy (non-hydrogen) atoms. The summed E-state index contributed by atoms with van der Waals surface area (Å²) in [6.07, 6.45) is 1.81. The van der Waals surface area contributed by atoms with E-state index in [9.17, 15) is 10.1 Å². The summed E-state index contributed by atoms with van der Waals surface area (Å²) in [5.41, 5.74) is 2.17. The SMILES string of the molecule is O=[N+]([O-])c1ccccc1N=CC1=Nc2ccccc2N=C(Cl)C1. The van der Waals surface area contributed by atoms with Crippen LogP contribution in [-0.2, 0) is 0 Å². The van der Waals surface area contributed by atoms with Crippen LogP contribution in [0.1, 0.15) is 6.42 Å². The predicted octanol–water partition coefficient (Wildman–Crippen LogP) is 4.74. The summed E-state index contributed by atoms with van der Waals surface area (Å²) < 4.78 is 0. The Bertz CT molecular complexity index is 859. The Balaban J connectivity index is 1.96. The third kappa shape index (κ3) is 3.49. The first-order valence-corrected chi connectivity index (χ1v) is 7.18. The third-order valence-electron chi connectivity index (χ3n) is 3.15. The van der Waals surface area contributed by atoms with Crippen LogP contribution in [0, 0.1) is 10.1 Å². The number of nitrogens with zero attached hydrogens (tertiary/aromatic N) is 4. The molecule has 0 saturated heterocycles. The van der Waals surface area contributed by atoms with E-state index >= 15 is 0 Å². The fraction of sp³-hybridized carbons (Fsp3) is 0.0625. The molecule has 2 aromatic carbocycles. The lowest BCUT2D eigenvalue weighted by Crippen LogP contribution is -2.03. The van der Waals surface area contributed by atoms with Crippen LogP contribution >= 0.6 is 11.6 Å². The number of para-hydroxylation sites is 4. The maximum atomic E-state index is 11.0. The molecule has 1 aliphatic rings. The monoisotopic (exact) mass is 326 g/mol. The Kier molecular flexibility index (Phi) is 4.25. The number of halogens is 1. The summed E-state index contributed by atoms with van der Waals surface area (Å²) in [7, 11) is 0. The van der Waals surface area contributed by atoms with Gasteiger partial charge in [-0.2, -0.15) is 0 Å². The molecule has 0 bridgehead atoms. The normalized spacial score (nSPS) is 14.0. The second-order valence-corrected chi connectivity index (χ2v) is 5.20. The molecule has 114 valence electrons. The Morgan fingerprint density at radius 3 is 2.48 bits per heavy atom. The van der Waals surface area contributed by atoms with Crippen LogP contribution in [0.15, 0.2) is 63.5 Å². The maximum Gasteiger partial charge on any atom is 0.294 e. The van der Waals surface area contributed by atoms with Gasteiger partial charge in [0.1, 0.15) is 10.9 Å². The van der Waals surface area contributed by atoms with Crippen LogP contribution in [0.2, 0.25) is 0 Å². The highest BCUT2D eigenvalue weighted by Gasteiger charge is 2.13. The zero-order valence-corrected chi connectivity index (χ0v) is 12.6. The summed E-state index contributed by atoms with van der Waals surface area (Å²) in [5, 5.41) is 11.4. The Hall–Kier alpha value is -2.86. The van der Waals surface area contributed by atoms with Crippen LogP contribution in [0.4, 0.5) is 22.7 Å². The molecular formula is C16H11ClN4O2. The highest BCUT2D eigenvalue weighted by molar-refractivity contribution is 6.68. The van der Waals surface area contributed by atoms with E-state index in [-0.39, 0.29) is 11.4 Å². The molecule has 0 radical (unpaired) electrons. The van der Waals surface area contributed by atoms with Crippen molar-refractivity contribution in [1.29, 1.82) is 0 Å². The number of rotatable bonds is 3. The molecule has 6 nitrogen and oxygen atoms in total. The molecule has 0 saturated carbocycles. The van der Waals surface area contributed by atoms with E-state index in [4.69, 9.17) is 11.6 Å². The highest BCUT2D eigenvalue weighted by Crippen LogP contribution is 2.31. The third-order valence-corrected chi connectivity index (χ3v) is 3.36. The van der Waals surface area contributed by atoms with Gasteiger partial charge in [-0.25, -0.2) is 15.0 Å². The van der Waals surface area contributed by atoms with Gasteiger partial charge in [-0.15, -0.1) is 0 Å². The minimum Gasteiger partial charge on any atom is -0.258 e. The van der Waals surface area contributed by atoms with Gasteiger partial charge in [-0.05, 0) is 18.2 Å². The predicted molar refractivity (Wildman–Crippen MR) is 92.4 cm³/mol. The molecule has 0 unspecified atom stereocenters. The van der Waals surface area contributed by atoms with Crippen LogP contribution in [0.3, 0.4) is 0 Å².